The second-order valence-electron chi connectivity index (χ2n) is 8.12. The molecule has 1 N–H and O–H groups in total. The third-order valence-corrected chi connectivity index (χ3v) is 6.00. The summed E-state index contributed by atoms with van der Waals surface area (Å²) in [6, 6.07) is 20.8. The zero-order valence-corrected chi connectivity index (χ0v) is 18.1. The number of nitrogens with zero attached hydrogens (tertiary/aromatic N) is 1. The highest BCUT2D eigenvalue weighted by molar-refractivity contribution is 6.02. The SMILES string of the molecule is COc1ccccc1CNC(=O)C1(C)Cc2ccccc2C(=O)N1Cc1ccc(F)cc1. The highest BCUT2D eigenvalue weighted by Gasteiger charge is 2.46. The number of ether oxygens (including phenoxy) is 1. The molecule has 0 bridgehead atoms. The highest BCUT2D eigenvalue weighted by atomic mass is 19.1. The van der Waals surface area contributed by atoms with Crippen LogP contribution in [0, 0.1) is 5.82 Å². The minimum atomic E-state index is -1.11. The fraction of sp³-hybridized carbons (Fsp3) is 0.231. The van der Waals surface area contributed by atoms with Crippen LogP contribution in [0.4, 0.5) is 4.39 Å². The molecule has 1 aliphatic heterocycles. The van der Waals surface area contributed by atoms with Gasteiger partial charge in [0.2, 0.25) is 5.91 Å². The standard InChI is InChI=1S/C26H25FN2O3/c1-26(25(31)28-16-20-8-4-6-10-23(20)32-2)15-19-7-3-5-9-22(19)24(30)29(26)17-18-11-13-21(27)14-12-18/h3-14H,15-17H2,1-2H3,(H,28,31). The van der Waals surface area contributed by atoms with E-state index >= 15 is 0 Å². The Labute approximate surface area is 186 Å². The van der Waals surface area contributed by atoms with Crippen LogP contribution in [0.1, 0.15) is 34.0 Å². The summed E-state index contributed by atoms with van der Waals surface area (Å²) < 4.78 is 18.8. The number of halogens is 1. The molecule has 6 heteroatoms. The molecule has 0 radical (unpaired) electrons. The summed E-state index contributed by atoms with van der Waals surface area (Å²) in [5.41, 5.74) is 1.91. The third kappa shape index (κ3) is 4.08. The van der Waals surface area contributed by atoms with Crippen molar-refractivity contribution in [2.45, 2.75) is 32.0 Å². The maximum Gasteiger partial charge on any atom is 0.255 e. The fourth-order valence-corrected chi connectivity index (χ4v) is 4.16. The van der Waals surface area contributed by atoms with Gasteiger partial charge in [-0.2, -0.15) is 0 Å². The molecule has 0 saturated heterocycles. The van der Waals surface area contributed by atoms with Crippen LogP contribution >= 0.6 is 0 Å². The molecule has 0 aromatic heterocycles. The van der Waals surface area contributed by atoms with Gasteiger partial charge in [0, 0.05) is 30.6 Å². The Hall–Kier alpha value is -3.67. The number of fused-ring (bicyclic) bond motifs is 1. The number of carbonyl (C=O) groups is 2. The molecule has 32 heavy (non-hydrogen) atoms. The first-order valence-electron chi connectivity index (χ1n) is 10.5. The lowest BCUT2D eigenvalue weighted by atomic mass is 9.82. The van der Waals surface area contributed by atoms with E-state index in [4.69, 9.17) is 4.74 Å². The van der Waals surface area contributed by atoms with E-state index < -0.39 is 5.54 Å². The van der Waals surface area contributed by atoms with Gasteiger partial charge in [-0.05, 0) is 42.3 Å². The van der Waals surface area contributed by atoms with Gasteiger partial charge in [0.15, 0.2) is 0 Å². The first-order valence-corrected chi connectivity index (χ1v) is 10.5. The summed E-state index contributed by atoms with van der Waals surface area (Å²) in [6.07, 6.45) is 0.383. The number of rotatable bonds is 6. The zero-order valence-electron chi connectivity index (χ0n) is 18.1. The van der Waals surface area contributed by atoms with E-state index in [0.717, 1.165) is 16.7 Å². The van der Waals surface area contributed by atoms with E-state index in [2.05, 4.69) is 5.32 Å². The summed E-state index contributed by atoms with van der Waals surface area (Å²) in [5.74, 6) is -0.132. The van der Waals surface area contributed by atoms with Gasteiger partial charge in [0.25, 0.3) is 5.91 Å². The predicted molar refractivity (Wildman–Crippen MR) is 120 cm³/mol. The maximum absolute atomic E-state index is 13.5. The smallest absolute Gasteiger partial charge is 0.255 e. The molecule has 1 unspecified atom stereocenters. The van der Waals surface area contributed by atoms with Gasteiger partial charge < -0.3 is 15.0 Å². The average molecular weight is 432 g/mol. The number of amides is 2. The molecule has 1 aliphatic rings. The third-order valence-electron chi connectivity index (χ3n) is 6.00. The molecule has 0 fully saturated rings. The largest absolute Gasteiger partial charge is 0.496 e. The average Bonchev–Trinajstić information content (AvgIpc) is 2.81. The molecule has 0 spiro atoms. The molecule has 0 aliphatic carbocycles. The lowest BCUT2D eigenvalue weighted by Crippen LogP contribution is -2.62. The number of benzene rings is 3. The van der Waals surface area contributed by atoms with E-state index in [1.807, 2.05) is 42.5 Å². The van der Waals surface area contributed by atoms with Crippen LogP contribution in [0.2, 0.25) is 0 Å². The summed E-state index contributed by atoms with van der Waals surface area (Å²) in [6.45, 7) is 2.26. The molecule has 3 aromatic rings. The Bertz CT molecular complexity index is 1150. The van der Waals surface area contributed by atoms with Crippen molar-refractivity contribution in [2.24, 2.45) is 0 Å². The van der Waals surface area contributed by atoms with Crippen molar-refractivity contribution in [2.75, 3.05) is 7.11 Å². The van der Waals surface area contributed by atoms with Crippen molar-refractivity contribution in [3.8, 4) is 5.75 Å². The van der Waals surface area contributed by atoms with Gasteiger partial charge in [-0.3, -0.25) is 9.59 Å². The van der Waals surface area contributed by atoms with Crippen LogP contribution in [-0.2, 0) is 24.3 Å². The highest BCUT2D eigenvalue weighted by Crippen LogP contribution is 2.33. The van der Waals surface area contributed by atoms with Crippen molar-refractivity contribution < 1.29 is 18.7 Å². The Kier molecular flexibility index (Phi) is 5.95. The molecule has 2 amide bonds. The number of carbonyl (C=O) groups excluding carboxylic acids is 2. The number of para-hydroxylation sites is 1. The molecule has 1 atom stereocenters. The van der Waals surface area contributed by atoms with Crippen LogP contribution < -0.4 is 10.1 Å². The maximum atomic E-state index is 13.5. The van der Waals surface area contributed by atoms with Gasteiger partial charge in [-0.25, -0.2) is 4.39 Å². The Balaban J connectivity index is 1.64. The van der Waals surface area contributed by atoms with E-state index in [9.17, 15) is 14.0 Å². The summed E-state index contributed by atoms with van der Waals surface area (Å²) >= 11 is 0. The number of methoxy groups -OCH3 is 1. The summed E-state index contributed by atoms with van der Waals surface area (Å²) in [5, 5.41) is 2.99. The van der Waals surface area contributed by atoms with Crippen LogP contribution in [0.15, 0.2) is 72.8 Å². The summed E-state index contributed by atoms with van der Waals surface area (Å²) in [4.78, 5) is 28.5. The second-order valence-corrected chi connectivity index (χ2v) is 8.12. The van der Waals surface area contributed by atoms with Gasteiger partial charge in [-0.1, -0.05) is 48.5 Å². The second kappa shape index (κ2) is 8.83. The molecular weight excluding hydrogens is 407 g/mol. The zero-order chi connectivity index (χ0) is 22.7. The topological polar surface area (TPSA) is 58.6 Å². The normalized spacial score (nSPS) is 17.6. The molecule has 1 heterocycles. The fourth-order valence-electron chi connectivity index (χ4n) is 4.16. The van der Waals surface area contributed by atoms with E-state index in [1.165, 1.54) is 12.1 Å². The van der Waals surface area contributed by atoms with Crippen molar-refractivity contribution in [3.63, 3.8) is 0 Å². The van der Waals surface area contributed by atoms with Crippen molar-refractivity contribution >= 4 is 11.8 Å². The quantitative estimate of drug-likeness (QED) is 0.638. The molecular formula is C26H25FN2O3. The number of nitrogens with one attached hydrogen (secondary N) is 1. The monoisotopic (exact) mass is 432 g/mol. The van der Waals surface area contributed by atoms with Crippen LogP contribution in [0.25, 0.3) is 0 Å². The van der Waals surface area contributed by atoms with Gasteiger partial charge in [-0.15, -0.1) is 0 Å². The number of hydrogen-bond donors (Lipinski definition) is 1. The first-order chi connectivity index (χ1) is 15.4. The Morgan fingerprint density at radius 2 is 1.75 bits per heavy atom. The van der Waals surface area contributed by atoms with E-state index in [0.29, 0.717) is 17.7 Å². The Morgan fingerprint density at radius 1 is 1.06 bits per heavy atom. The lowest BCUT2D eigenvalue weighted by Gasteiger charge is -2.44. The Morgan fingerprint density at radius 3 is 2.50 bits per heavy atom. The summed E-state index contributed by atoms with van der Waals surface area (Å²) in [7, 11) is 1.59. The molecule has 3 aromatic carbocycles. The minimum Gasteiger partial charge on any atom is -0.496 e. The van der Waals surface area contributed by atoms with Gasteiger partial charge >= 0.3 is 0 Å². The van der Waals surface area contributed by atoms with Crippen molar-refractivity contribution in [1.82, 2.24) is 10.2 Å². The lowest BCUT2D eigenvalue weighted by molar-refractivity contribution is -0.132. The predicted octanol–water partition coefficient (Wildman–Crippen LogP) is 4.11. The molecule has 4 rings (SSSR count). The van der Waals surface area contributed by atoms with Gasteiger partial charge in [0.1, 0.15) is 17.1 Å². The minimum absolute atomic E-state index is 0.200. The molecule has 0 saturated carbocycles. The molecule has 164 valence electrons. The van der Waals surface area contributed by atoms with Crippen molar-refractivity contribution in [3.05, 3.63) is 101 Å². The van der Waals surface area contributed by atoms with Crippen molar-refractivity contribution in [1.29, 1.82) is 0 Å². The van der Waals surface area contributed by atoms with Crippen LogP contribution in [0.3, 0.4) is 0 Å². The van der Waals surface area contributed by atoms with Crippen LogP contribution in [0.5, 0.6) is 5.75 Å². The van der Waals surface area contributed by atoms with E-state index in [1.54, 1.807) is 37.1 Å². The molecule has 5 nitrogen and oxygen atoms in total. The van der Waals surface area contributed by atoms with Gasteiger partial charge in [0.05, 0.1) is 7.11 Å². The van der Waals surface area contributed by atoms with E-state index in [-0.39, 0.29) is 30.7 Å². The first kappa shape index (κ1) is 21.6. The number of hydrogen-bond acceptors (Lipinski definition) is 3. The van der Waals surface area contributed by atoms with Crippen LogP contribution in [-0.4, -0.2) is 29.4 Å².